The zero-order chi connectivity index (χ0) is 15.3. The molecule has 118 valence electrons. The van der Waals surface area contributed by atoms with Gasteiger partial charge in [0.15, 0.2) is 0 Å². The summed E-state index contributed by atoms with van der Waals surface area (Å²) in [6.45, 7) is 2.42. The Bertz CT molecular complexity index is 556. The van der Waals surface area contributed by atoms with Gasteiger partial charge < -0.3 is 5.11 Å². The highest BCUT2D eigenvalue weighted by atomic mass is 32.2. The molecule has 1 aromatic carbocycles. The number of aliphatic hydroxyl groups excluding tert-OH is 1. The zero-order valence-electron chi connectivity index (χ0n) is 12.7. The number of benzene rings is 1. The quantitative estimate of drug-likeness (QED) is 0.802. The molecule has 5 heteroatoms. The van der Waals surface area contributed by atoms with Crippen LogP contribution in [-0.2, 0) is 16.4 Å². The Morgan fingerprint density at radius 2 is 2.05 bits per heavy atom. The lowest BCUT2D eigenvalue weighted by Gasteiger charge is -2.28. The number of nitrogens with zero attached hydrogens (tertiary/aromatic N) is 1. The first-order valence-corrected chi connectivity index (χ1v) is 9.39. The lowest BCUT2D eigenvalue weighted by molar-refractivity contribution is 0.249. The summed E-state index contributed by atoms with van der Waals surface area (Å²) in [4.78, 5) is 0. The van der Waals surface area contributed by atoms with Crippen molar-refractivity contribution in [3.8, 4) is 0 Å². The predicted molar refractivity (Wildman–Crippen MR) is 84.6 cm³/mol. The zero-order valence-corrected chi connectivity index (χ0v) is 13.5. The highest BCUT2D eigenvalue weighted by Gasteiger charge is 2.34. The van der Waals surface area contributed by atoms with Crippen molar-refractivity contribution < 1.29 is 13.5 Å². The van der Waals surface area contributed by atoms with Crippen molar-refractivity contribution in [1.82, 2.24) is 4.31 Å². The molecule has 0 heterocycles. The summed E-state index contributed by atoms with van der Waals surface area (Å²) in [5.41, 5.74) is 2.39. The molecule has 0 bridgehead atoms. The molecule has 2 rings (SSSR count). The van der Waals surface area contributed by atoms with Crippen molar-refractivity contribution in [3.63, 3.8) is 0 Å². The van der Waals surface area contributed by atoms with Crippen LogP contribution in [-0.4, -0.2) is 36.7 Å². The van der Waals surface area contributed by atoms with Crippen LogP contribution in [0, 0.1) is 0 Å². The molecule has 0 radical (unpaired) electrons. The van der Waals surface area contributed by atoms with E-state index in [1.54, 1.807) is 4.31 Å². The molecule has 1 atom stereocenters. The highest BCUT2D eigenvalue weighted by Crippen LogP contribution is 2.37. The van der Waals surface area contributed by atoms with Gasteiger partial charge in [0.25, 0.3) is 0 Å². The van der Waals surface area contributed by atoms with E-state index in [1.807, 2.05) is 25.1 Å². The molecule has 4 nitrogen and oxygen atoms in total. The third kappa shape index (κ3) is 3.84. The van der Waals surface area contributed by atoms with Crippen LogP contribution in [0.15, 0.2) is 24.3 Å². The first-order chi connectivity index (χ1) is 10.1. The Morgan fingerprint density at radius 3 is 2.76 bits per heavy atom. The lowest BCUT2D eigenvalue weighted by Crippen LogP contribution is -2.37. The fraction of sp³-hybridized carbons (Fsp3) is 0.625. The van der Waals surface area contributed by atoms with E-state index in [0.29, 0.717) is 19.4 Å². The molecule has 1 aromatic rings. The largest absolute Gasteiger partial charge is 0.396 e. The number of hydrogen-bond acceptors (Lipinski definition) is 3. The van der Waals surface area contributed by atoms with Crippen LogP contribution < -0.4 is 0 Å². The first-order valence-electron chi connectivity index (χ1n) is 7.78. The number of fused-ring (bicyclic) bond motifs is 1. The number of unbranched alkanes of at least 4 members (excludes halogenated alkanes) is 1. The standard InChI is InChI=1S/C16H25NO3S/c1-2-3-13-21(19,20)17(11-6-12-18)16-10-9-14-7-4-5-8-15(14)16/h4-5,7-8,16,18H,2-3,6,9-13H2,1H3. The summed E-state index contributed by atoms with van der Waals surface area (Å²) in [6.07, 6.45) is 3.82. The molecular weight excluding hydrogens is 286 g/mol. The summed E-state index contributed by atoms with van der Waals surface area (Å²) < 4.78 is 26.9. The maximum Gasteiger partial charge on any atom is 0.214 e. The van der Waals surface area contributed by atoms with Crippen molar-refractivity contribution in [1.29, 1.82) is 0 Å². The number of aliphatic hydroxyl groups is 1. The Kier molecular flexibility index (Phi) is 5.79. The molecule has 0 saturated heterocycles. The van der Waals surface area contributed by atoms with Crippen molar-refractivity contribution in [2.45, 2.75) is 45.1 Å². The van der Waals surface area contributed by atoms with E-state index in [2.05, 4.69) is 6.07 Å². The van der Waals surface area contributed by atoms with Gasteiger partial charge in [-0.15, -0.1) is 0 Å². The molecule has 0 aliphatic heterocycles. The van der Waals surface area contributed by atoms with Crippen LogP contribution in [0.25, 0.3) is 0 Å². The van der Waals surface area contributed by atoms with E-state index >= 15 is 0 Å². The molecule has 1 unspecified atom stereocenters. The normalized spacial score (nSPS) is 18.1. The maximum absolute atomic E-state index is 12.6. The second-order valence-corrected chi connectivity index (χ2v) is 7.65. The average Bonchev–Trinajstić information content (AvgIpc) is 2.89. The van der Waals surface area contributed by atoms with E-state index in [4.69, 9.17) is 5.11 Å². The van der Waals surface area contributed by atoms with Gasteiger partial charge in [-0.3, -0.25) is 0 Å². The van der Waals surface area contributed by atoms with Crippen LogP contribution in [0.1, 0.15) is 49.8 Å². The fourth-order valence-electron chi connectivity index (χ4n) is 2.99. The van der Waals surface area contributed by atoms with E-state index in [0.717, 1.165) is 24.8 Å². The average molecular weight is 311 g/mol. The van der Waals surface area contributed by atoms with Gasteiger partial charge in [0.1, 0.15) is 0 Å². The summed E-state index contributed by atoms with van der Waals surface area (Å²) in [5, 5.41) is 9.07. The van der Waals surface area contributed by atoms with Gasteiger partial charge in [0.2, 0.25) is 10.0 Å². The molecule has 0 aromatic heterocycles. The molecule has 0 saturated carbocycles. The smallest absolute Gasteiger partial charge is 0.214 e. The van der Waals surface area contributed by atoms with Crippen LogP contribution in [0.4, 0.5) is 0 Å². The third-order valence-electron chi connectivity index (χ3n) is 4.10. The maximum atomic E-state index is 12.6. The van der Waals surface area contributed by atoms with Gasteiger partial charge >= 0.3 is 0 Å². The van der Waals surface area contributed by atoms with Gasteiger partial charge in [-0.25, -0.2) is 8.42 Å². The summed E-state index contributed by atoms with van der Waals surface area (Å²) in [6, 6.07) is 8.03. The number of aryl methyl sites for hydroxylation is 1. The summed E-state index contributed by atoms with van der Waals surface area (Å²) in [5.74, 6) is 0.202. The van der Waals surface area contributed by atoms with Crippen LogP contribution in [0.3, 0.4) is 0 Å². The Morgan fingerprint density at radius 1 is 1.29 bits per heavy atom. The van der Waals surface area contributed by atoms with E-state index in [-0.39, 0.29) is 18.4 Å². The molecule has 0 amide bonds. The molecule has 1 aliphatic rings. The molecule has 1 aliphatic carbocycles. The van der Waals surface area contributed by atoms with Crippen LogP contribution in [0.5, 0.6) is 0 Å². The van der Waals surface area contributed by atoms with Gasteiger partial charge in [-0.2, -0.15) is 4.31 Å². The van der Waals surface area contributed by atoms with E-state index in [1.165, 1.54) is 5.56 Å². The minimum absolute atomic E-state index is 0.0220. The second kappa shape index (κ2) is 7.38. The molecule has 0 spiro atoms. The lowest BCUT2D eigenvalue weighted by atomic mass is 10.1. The van der Waals surface area contributed by atoms with Gasteiger partial charge in [-0.05, 0) is 36.8 Å². The Hall–Kier alpha value is -0.910. The molecule has 0 fully saturated rings. The van der Waals surface area contributed by atoms with Crippen molar-refractivity contribution in [2.24, 2.45) is 0 Å². The second-order valence-electron chi connectivity index (χ2n) is 5.61. The monoisotopic (exact) mass is 311 g/mol. The molecular formula is C16H25NO3S. The van der Waals surface area contributed by atoms with Crippen LogP contribution in [0.2, 0.25) is 0 Å². The number of sulfonamides is 1. The Balaban J connectivity index is 2.25. The molecule has 21 heavy (non-hydrogen) atoms. The summed E-state index contributed by atoms with van der Waals surface area (Å²) in [7, 11) is -3.26. The fourth-order valence-corrected chi connectivity index (χ4v) is 4.90. The first kappa shape index (κ1) is 16.5. The Labute approximate surface area is 127 Å². The van der Waals surface area contributed by atoms with Crippen molar-refractivity contribution in [3.05, 3.63) is 35.4 Å². The van der Waals surface area contributed by atoms with Gasteiger partial charge in [0, 0.05) is 13.2 Å². The van der Waals surface area contributed by atoms with E-state index < -0.39 is 10.0 Å². The van der Waals surface area contributed by atoms with Crippen LogP contribution >= 0.6 is 0 Å². The number of rotatable bonds is 8. The molecule has 1 N–H and O–H groups in total. The van der Waals surface area contributed by atoms with Crippen molar-refractivity contribution in [2.75, 3.05) is 18.9 Å². The SMILES string of the molecule is CCCCS(=O)(=O)N(CCCO)C1CCc2ccccc21. The van der Waals surface area contributed by atoms with Gasteiger partial charge in [0.05, 0.1) is 11.8 Å². The third-order valence-corrected chi connectivity index (χ3v) is 6.05. The highest BCUT2D eigenvalue weighted by molar-refractivity contribution is 7.89. The minimum Gasteiger partial charge on any atom is -0.396 e. The van der Waals surface area contributed by atoms with Gasteiger partial charge in [-0.1, -0.05) is 37.6 Å². The topological polar surface area (TPSA) is 57.6 Å². The minimum atomic E-state index is -3.26. The van der Waals surface area contributed by atoms with Crippen molar-refractivity contribution >= 4 is 10.0 Å². The number of hydrogen-bond donors (Lipinski definition) is 1. The predicted octanol–water partition coefficient (Wildman–Crippen LogP) is 2.49. The summed E-state index contributed by atoms with van der Waals surface area (Å²) >= 11 is 0. The van der Waals surface area contributed by atoms with E-state index in [9.17, 15) is 8.42 Å².